The topological polar surface area (TPSA) is 43.4 Å². The van der Waals surface area contributed by atoms with Crippen LogP contribution in [0, 0.1) is 0 Å². The number of fused-ring (bicyclic) bond motifs is 1. The molecule has 1 aliphatic rings. The van der Waals surface area contributed by atoms with Crippen LogP contribution in [-0.4, -0.2) is 14.4 Å². The fourth-order valence-electron chi connectivity index (χ4n) is 1.03. The highest BCUT2D eigenvalue weighted by Crippen LogP contribution is 2.30. The molecule has 66 valence electrons. The van der Waals surface area contributed by atoms with E-state index in [1.54, 1.807) is 24.3 Å². The summed E-state index contributed by atoms with van der Waals surface area (Å²) in [5.41, 5.74) is 0. The number of hydrogen-bond donors (Lipinski definition) is 0. The van der Waals surface area contributed by atoms with E-state index in [0.29, 0.717) is 10.6 Å². The number of hydrogen-bond acceptors (Lipinski definition) is 3. The van der Waals surface area contributed by atoms with E-state index in [0.717, 1.165) is 0 Å². The summed E-state index contributed by atoms with van der Waals surface area (Å²) in [6.07, 6.45) is 0. The lowest BCUT2D eigenvalue weighted by molar-refractivity contribution is 0.389. The van der Waals surface area contributed by atoms with E-state index in [1.165, 1.54) is 0 Å². The maximum atomic E-state index is 11.1. The molecule has 3 nitrogen and oxygen atoms in total. The number of para-hydroxylation sites is 1. The van der Waals surface area contributed by atoms with Crippen LogP contribution in [0.2, 0.25) is 0 Å². The van der Waals surface area contributed by atoms with Crippen LogP contribution in [0.25, 0.3) is 0 Å². The Balaban J connectivity index is 0.000000720. The monoisotopic (exact) mass is 206 g/mol. The third kappa shape index (κ3) is 1.28. The molecule has 1 aromatic rings. The number of benzene rings is 1. The number of rotatable bonds is 0. The van der Waals surface area contributed by atoms with Crippen molar-refractivity contribution >= 4 is 22.2 Å². The van der Waals surface area contributed by atoms with Crippen LogP contribution in [-0.2, 0) is 9.84 Å². The smallest absolute Gasteiger partial charge is 0.216 e. The summed E-state index contributed by atoms with van der Waals surface area (Å²) >= 11 is 0. The first kappa shape index (κ1) is 9.35. The number of ether oxygens (including phenoxy) is 1. The minimum absolute atomic E-state index is 0. The molecule has 0 aromatic heterocycles. The van der Waals surface area contributed by atoms with Gasteiger partial charge in [0.25, 0.3) is 0 Å². The van der Waals surface area contributed by atoms with Gasteiger partial charge >= 0.3 is 0 Å². The minimum Gasteiger partial charge on any atom is -0.476 e. The van der Waals surface area contributed by atoms with Crippen LogP contribution in [0.3, 0.4) is 0 Å². The fourth-order valence-corrected chi connectivity index (χ4v) is 2.16. The number of halogens is 1. The molecular weight excluding hydrogens is 200 g/mol. The van der Waals surface area contributed by atoms with Gasteiger partial charge in [0.1, 0.15) is 10.6 Å². The molecule has 1 heterocycles. The van der Waals surface area contributed by atoms with Gasteiger partial charge in [-0.05, 0) is 12.1 Å². The summed E-state index contributed by atoms with van der Waals surface area (Å²) in [6.45, 7) is 0. The summed E-state index contributed by atoms with van der Waals surface area (Å²) in [6, 6.07) is 6.64. The van der Waals surface area contributed by atoms with Crippen molar-refractivity contribution in [3.63, 3.8) is 0 Å². The molecule has 0 spiro atoms. The molecule has 0 aliphatic carbocycles. The standard InChI is InChI=1S/C7H6O3S.ClH/c8-11(9)5-10-6-3-1-2-4-7(6)11;/h1-4H,5H2;1H. The summed E-state index contributed by atoms with van der Waals surface area (Å²) in [5, 5.41) is 0. The van der Waals surface area contributed by atoms with E-state index < -0.39 is 9.84 Å². The average molecular weight is 207 g/mol. The Kier molecular flexibility index (Phi) is 2.30. The van der Waals surface area contributed by atoms with Crippen molar-refractivity contribution in [2.75, 3.05) is 5.94 Å². The zero-order chi connectivity index (χ0) is 7.90. The molecule has 12 heavy (non-hydrogen) atoms. The van der Waals surface area contributed by atoms with E-state index in [2.05, 4.69) is 0 Å². The van der Waals surface area contributed by atoms with Crippen molar-refractivity contribution in [1.82, 2.24) is 0 Å². The van der Waals surface area contributed by atoms with Gasteiger partial charge < -0.3 is 4.74 Å². The Morgan fingerprint density at radius 2 is 1.92 bits per heavy atom. The third-order valence-electron chi connectivity index (χ3n) is 1.55. The van der Waals surface area contributed by atoms with Gasteiger partial charge in [0.05, 0.1) is 0 Å². The van der Waals surface area contributed by atoms with Gasteiger partial charge in [-0.15, -0.1) is 12.4 Å². The molecule has 0 fully saturated rings. The van der Waals surface area contributed by atoms with Crippen LogP contribution in [0.15, 0.2) is 29.2 Å². The highest BCUT2D eigenvalue weighted by Gasteiger charge is 2.26. The Morgan fingerprint density at radius 3 is 2.58 bits per heavy atom. The molecule has 1 aliphatic heterocycles. The van der Waals surface area contributed by atoms with Gasteiger partial charge in [-0.3, -0.25) is 0 Å². The molecule has 0 saturated heterocycles. The van der Waals surface area contributed by atoms with Crippen LogP contribution in [0.4, 0.5) is 0 Å². The first-order valence-corrected chi connectivity index (χ1v) is 4.80. The Labute approximate surface area is 76.7 Å². The Bertz CT molecular complexity index is 385. The SMILES string of the molecule is Cl.O=S1(=O)COc2ccccc21. The molecule has 0 atom stereocenters. The minimum atomic E-state index is -3.13. The lowest BCUT2D eigenvalue weighted by Gasteiger charge is -1.91. The largest absolute Gasteiger partial charge is 0.476 e. The molecule has 5 heteroatoms. The van der Waals surface area contributed by atoms with E-state index in [-0.39, 0.29) is 18.3 Å². The summed E-state index contributed by atoms with van der Waals surface area (Å²) in [5.74, 6) is 0.249. The summed E-state index contributed by atoms with van der Waals surface area (Å²) < 4.78 is 27.2. The van der Waals surface area contributed by atoms with Gasteiger partial charge in [0, 0.05) is 0 Å². The second-order valence-corrected chi connectivity index (χ2v) is 4.23. The van der Waals surface area contributed by atoms with E-state index in [9.17, 15) is 8.42 Å². The zero-order valence-corrected chi connectivity index (χ0v) is 7.69. The highest BCUT2D eigenvalue weighted by molar-refractivity contribution is 7.91. The highest BCUT2D eigenvalue weighted by atomic mass is 35.5. The van der Waals surface area contributed by atoms with Crippen molar-refractivity contribution in [3.05, 3.63) is 24.3 Å². The summed E-state index contributed by atoms with van der Waals surface area (Å²) in [4.78, 5) is 0.306. The molecule has 0 unspecified atom stereocenters. The Hall–Kier alpha value is -0.740. The van der Waals surface area contributed by atoms with Crippen molar-refractivity contribution in [2.45, 2.75) is 4.90 Å². The number of sulfone groups is 1. The molecule has 1 aromatic carbocycles. The lowest BCUT2D eigenvalue weighted by atomic mass is 10.3. The molecule has 0 N–H and O–H groups in total. The third-order valence-corrected chi connectivity index (χ3v) is 2.99. The lowest BCUT2D eigenvalue weighted by Crippen LogP contribution is -2.01. The zero-order valence-electron chi connectivity index (χ0n) is 6.06. The van der Waals surface area contributed by atoms with Crippen molar-refractivity contribution < 1.29 is 13.2 Å². The quantitative estimate of drug-likeness (QED) is 0.642. The maximum Gasteiger partial charge on any atom is 0.216 e. The van der Waals surface area contributed by atoms with E-state index >= 15 is 0 Å². The van der Waals surface area contributed by atoms with E-state index in [1.807, 2.05) is 0 Å². The van der Waals surface area contributed by atoms with Gasteiger partial charge in [0.15, 0.2) is 5.94 Å². The molecule has 0 radical (unpaired) electrons. The van der Waals surface area contributed by atoms with Crippen LogP contribution in [0.5, 0.6) is 5.75 Å². The summed E-state index contributed by atoms with van der Waals surface area (Å²) in [7, 11) is -3.13. The normalized spacial score (nSPS) is 17.3. The van der Waals surface area contributed by atoms with Crippen molar-refractivity contribution in [2.24, 2.45) is 0 Å². The average Bonchev–Trinajstić information content (AvgIpc) is 2.29. The second-order valence-electron chi connectivity index (χ2n) is 2.32. The van der Waals surface area contributed by atoms with E-state index in [4.69, 9.17) is 4.74 Å². The predicted octanol–water partition coefficient (Wildman–Crippen LogP) is 1.23. The van der Waals surface area contributed by atoms with Crippen LogP contribution >= 0.6 is 12.4 Å². The second kappa shape index (κ2) is 2.95. The molecule has 0 bridgehead atoms. The fraction of sp³-hybridized carbons (Fsp3) is 0.143. The Morgan fingerprint density at radius 1 is 1.25 bits per heavy atom. The van der Waals surface area contributed by atoms with Crippen molar-refractivity contribution in [3.8, 4) is 5.75 Å². The molecular formula is C7H7ClO3S. The molecule has 0 amide bonds. The van der Waals surface area contributed by atoms with Gasteiger partial charge in [-0.1, -0.05) is 12.1 Å². The maximum absolute atomic E-state index is 11.1. The van der Waals surface area contributed by atoms with Crippen LogP contribution in [0.1, 0.15) is 0 Å². The predicted molar refractivity (Wildman–Crippen MR) is 46.4 cm³/mol. The van der Waals surface area contributed by atoms with Gasteiger partial charge in [0.2, 0.25) is 9.84 Å². The first-order chi connectivity index (χ1) is 5.20. The van der Waals surface area contributed by atoms with Gasteiger partial charge in [-0.25, -0.2) is 8.42 Å². The molecule has 2 rings (SSSR count). The van der Waals surface area contributed by atoms with Crippen LogP contribution < -0.4 is 4.74 Å². The van der Waals surface area contributed by atoms with Crippen molar-refractivity contribution in [1.29, 1.82) is 0 Å². The van der Waals surface area contributed by atoms with Gasteiger partial charge in [-0.2, -0.15) is 0 Å². The molecule has 0 saturated carbocycles. The first-order valence-electron chi connectivity index (χ1n) is 3.15.